The quantitative estimate of drug-likeness (QED) is 0.782. The number of rotatable bonds is 5. The monoisotopic (exact) mass is 390 g/mol. The van der Waals surface area contributed by atoms with E-state index in [0.717, 1.165) is 0 Å². The number of carbonyl (C=O) groups excluding carboxylic acids is 3. The van der Waals surface area contributed by atoms with Crippen LogP contribution in [0.4, 0.5) is 4.79 Å². The van der Waals surface area contributed by atoms with E-state index in [2.05, 4.69) is 5.32 Å². The number of para-hydroxylation sites is 1. The number of nitrogens with one attached hydrogen (secondary N) is 1. The van der Waals surface area contributed by atoms with E-state index < -0.39 is 5.60 Å². The average Bonchev–Trinajstić information content (AvgIpc) is 2.60. The molecule has 0 aromatic heterocycles. The summed E-state index contributed by atoms with van der Waals surface area (Å²) in [5.74, 6) is 0.216. The van der Waals surface area contributed by atoms with Gasteiger partial charge in [-0.1, -0.05) is 12.1 Å². The average molecular weight is 390 g/mol. The van der Waals surface area contributed by atoms with Gasteiger partial charge in [-0.05, 0) is 46.6 Å². The first kappa shape index (κ1) is 21.7. The zero-order chi connectivity index (χ0) is 20.9. The Kier molecular flexibility index (Phi) is 7.05. The number of benzene rings is 1. The number of amides is 2. The summed E-state index contributed by atoms with van der Waals surface area (Å²) in [6.45, 7) is 8.08. The van der Waals surface area contributed by atoms with Crippen molar-refractivity contribution in [3.05, 3.63) is 29.3 Å². The molecule has 1 fully saturated rings. The van der Waals surface area contributed by atoms with Gasteiger partial charge in [0.15, 0.2) is 5.78 Å². The van der Waals surface area contributed by atoms with Crippen molar-refractivity contribution in [2.45, 2.75) is 58.6 Å². The lowest BCUT2D eigenvalue weighted by Gasteiger charge is -2.33. The molecule has 0 unspecified atom stereocenters. The number of Topliss-reactive ketones (excluding diaryl/α,β-unsaturated/α-hetero) is 1. The van der Waals surface area contributed by atoms with Crippen molar-refractivity contribution in [2.24, 2.45) is 0 Å². The van der Waals surface area contributed by atoms with Gasteiger partial charge in [-0.25, -0.2) is 4.79 Å². The number of ether oxygens (including phenoxy) is 2. The second kappa shape index (κ2) is 9.08. The highest BCUT2D eigenvalue weighted by atomic mass is 16.6. The van der Waals surface area contributed by atoms with E-state index in [1.807, 2.05) is 20.8 Å². The molecular weight excluding hydrogens is 360 g/mol. The Bertz CT molecular complexity index is 731. The van der Waals surface area contributed by atoms with Crippen molar-refractivity contribution < 1.29 is 23.9 Å². The van der Waals surface area contributed by atoms with E-state index >= 15 is 0 Å². The second-order valence-electron chi connectivity index (χ2n) is 8.04. The molecule has 0 saturated carbocycles. The van der Waals surface area contributed by atoms with Crippen LogP contribution in [0.3, 0.4) is 0 Å². The first-order valence-corrected chi connectivity index (χ1v) is 9.55. The first-order chi connectivity index (χ1) is 13.1. The highest BCUT2D eigenvalue weighted by molar-refractivity contribution is 5.97. The summed E-state index contributed by atoms with van der Waals surface area (Å²) in [4.78, 5) is 38.0. The number of piperidine rings is 1. The Hall–Kier alpha value is -2.57. The van der Waals surface area contributed by atoms with Gasteiger partial charge in [-0.15, -0.1) is 0 Å². The lowest BCUT2D eigenvalue weighted by Crippen LogP contribution is -2.48. The molecular formula is C21H30N2O5. The zero-order valence-electron chi connectivity index (χ0n) is 17.3. The topological polar surface area (TPSA) is 84.9 Å². The molecule has 0 radical (unpaired) electrons. The minimum absolute atomic E-state index is 0.00757. The molecule has 1 heterocycles. The van der Waals surface area contributed by atoms with Gasteiger partial charge in [0.2, 0.25) is 5.91 Å². The van der Waals surface area contributed by atoms with Crippen LogP contribution in [-0.2, 0) is 16.0 Å². The van der Waals surface area contributed by atoms with Crippen molar-refractivity contribution in [3.63, 3.8) is 0 Å². The van der Waals surface area contributed by atoms with Gasteiger partial charge >= 0.3 is 6.09 Å². The third-order valence-electron chi connectivity index (χ3n) is 4.54. The number of hydrogen-bond donors (Lipinski definition) is 1. The molecule has 7 heteroatoms. The predicted octanol–water partition coefficient (Wildman–Crippen LogP) is 2.96. The number of likely N-dealkylation sites (tertiary alicyclic amines) is 1. The van der Waals surface area contributed by atoms with Crippen LogP contribution in [0.5, 0.6) is 5.75 Å². The van der Waals surface area contributed by atoms with E-state index in [9.17, 15) is 14.4 Å². The molecule has 2 rings (SSSR count). The molecule has 28 heavy (non-hydrogen) atoms. The van der Waals surface area contributed by atoms with Crippen LogP contribution >= 0.6 is 0 Å². The molecule has 0 aliphatic carbocycles. The van der Waals surface area contributed by atoms with Crippen LogP contribution in [0.1, 0.15) is 56.5 Å². The van der Waals surface area contributed by atoms with Crippen molar-refractivity contribution >= 4 is 17.8 Å². The summed E-state index contributed by atoms with van der Waals surface area (Å²) < 4.78 is 10.7. The highest BCUT2D eigenvalue weighted by Gasteiger charge is 2.27. The summed E-state index contributed by atoms with van der Waals surface area (Å²) in [5, 5.41) is 3.02. The third kappa shape index (κ3) is 5.97. The molecule has 1 N–H and O–H groups in total. The Morgan fingerprint density at radius 1 is 1.18 bits per heavy atom. The highest BCUT2D eigenvalue weighted by Crippen LogP contribution is 2.25. The van der Waals surface area contributed by atoms with E-state index in [1.165, 1.54) is 14.0 Å². The standard InChI is InChI=1S/C21H30N2O5/c1-14(24)17-8-6-7-15(19(17)27-5)13-18(25)22-16-9-11-23(12-10-16)20(26)28-21(2,3)4/h6-8,16H,9-13H2,1-5H3,(H,22,25). The maximum Gasteiger partial charge on any atom is 0.410 e. The molecule has 0 spiro atoms. The van der Waals surface area contributed by atoms with Crippen LogP contribution in [0.2, 0.25) is 0 Å². The van der Waals surface area contributed by atoms with Gasteiger partial charge in [0.1, 0.15) is 11.4 Å². The van der Waals surface area contributed by atoms with Crippen molar-refractivity contribution in [1.82, 2.24) is 10.2 Å². The minimum Gasteiger partial charge on any atom is -0.496 e. The Balaban J connectivity index is 1.89. The van der Waals surface area contributed by atoms with Crippen molar-refractivity contribution in [1.29, 1.82) is 0 Å². The van der Waals surface area contributed by atoms with E-state index in [0.29, 0.717) is 42.8 Å². The fourth-order valence-electron chi connectivity index (χ4n) is 3.23. The maximum atomic E-state index is 12.5. The molecule has 1 saturated heterocycles. The Labute approximate surface area is 166 Å². The van der Waals surface area contributed by atoms with Crippen LogP contribution < -0.4 is 10.1 Å². The second-order valence-corrected chi connectivity index (χ2v) is 8.04. The summed E-state index contributed by atoms with van der Waals surface area (Å²) in [5.41, 5.74) is 0.632. The fourth-order valence-corrected chi connectivity index (χ4v) is 3.23. The summed E-state index contributed by atoms with van der Waals surface area (Å²) in [6, 6.07) is 5.24. The number of nitrogens with zero attached hydrogens (tertiary/aromatic N) is 1. The van der Waals surface area contributed by atoms with E-state index in [-0.39, 0.29) is 30.2 Å². The molecule has 154 valence electrons. The molecule has 1 aromatic carbocycles. The van der Waals surface area contributed by atoms with Gasteiger partial charge in [0.25, 0.3) is 0 Å². The number of ketones is 1. The summed E-state index contributed by atoms with van der Waals surface area (Å²) in [6.07, 6.45) is 1.17. The van der Waals surface area contributed by atoms with Crippen LogP contribution in [-0.4, -0.2) is 54.5 Å². The summed E-state index contributed by atoms with van der Waals surface area (Å²) >= 11 is 0. The molecule has 7 nitrogen and oxygen atoms in total. The third-order valence-corrected chi connectivity index (χ3v) is 4.54. The van der Waals surface area contributed by atoms with Gasteiger partial charge in [0, 0.05) is 24.7 Å². The lowest BCUT2D eigenvalue weighted by molar-refractivity contribution is -0.121. The fraction of sp³-hybridized carbons (Fsp3) is 0.571. The van der Waals surface area contributed by atoms with E-state index in [1.54, 1.807) is 23.1 Å². The number of hydrogen-bond acceptors (Lipinski definition) is 5. The van der Waals surface area contributed by atoms with Crippen LogP contribution in [0.15, 0.2) is 18.2 Å². The molecule has 1 aliphatic heterocycles. The van der Waals surface area contributed by atoms with Crippen molar-refractivity contribution in [3.8, 4) is 5.75 Å². The van der Waals surface area contributed by atoms with Gasteiger partial charge in [-0.2, -0.15) is 0 Å². The van der Waals surface area contributed by atoms with Crippen LogP contribution in [0, 0.1) is 0 Å². The number of methoxy groups -OCH3 is 1. The van der Waals surface area contributed by atoms with Gasteiger partial charge in [0.05, 0.1) is 19.1 Å². The smallest absolute Gasteiger partial charge is 0.410 e. The minimum atomic E-state index is -0.518. The van der Waals surface area contributed by atoms with E-state index in [4.69, 9.17) is 9.47 Å². The number of carbonyl (C=O) groups is 3. The summed E-state index contributed by atoms with van der Waals surface area (Å²) in [7, 11) is 1.50. The largest absolute Gasteiger partial charge is 0.496 e. The molecule has 0 bridgehead atoms. The lowest BCUT2D eigenvalue weighted by atomic mass is 10.0. The zero-order valence-corrected chi connectivity index (χ0v) is 17.3. The molecule has 0 atom stereocenters. The SMILES string of the molecule is COc1c(CC(=O)NC2CCN(C(=O)OC(C)(C)C)CC2)cccc1C(C)=O. The maximum absolute atomic E-state index is 12.5. The molecule has 2 amide bonds. The predicted molar refractivity (Wildman–Crippen MR) is 106 cm³/mol. The first-order valence-electron chi connectivity index (χ1n) is 9.55. The molecule has 1 aromatic rings. The molecule has 1 aliphatic rings. The van der Waals surface area contributed by atoms with Crippen molar-refractivity contribution in [2.75, 3.05) is 20.2 Å². The van der Waals surface area contributed by atoms with Gasteiger partial charge < -0.3 is 19.7 Å². The normalized spacial score (nSPS) is 15.1. The van der Waals surface area contributed by atoms with Gasteiger partial charge in [-0.3, -0.25) is 9.59 Å². The Morgan fingerprint density at radius 3 is 2.36 bits per heavy atom. The Morgan fingerprint density at radius 2 is 1.82 bits per heavy atom. The van der Waals surface area contributed by atoms with Crippen LogP contribution in [0.25, 0.3) is 0 Å².